The summed E-state index contributed by atoms with van der Waals surface area (Å²) in [6, 6.07) is 0. The lowest BCUT2D eigenvalue weighted by molar-refractivity contribution is 0.0104. The molecule has 1 saturated heterocycles. The van der Waals surface area contributed by atoms with Crippen molar-refractivity contribution >= 4 is 9.84 Å². The van der Waals surface area contributed by atoms with Crippen LogP contribution in [0.5, 0.6) is 0 Å². The Hall–Kier alpha value is -0.0900. The maximum Gasteiger partial charge on any atom is 0.150 e. The van der Waals surface area contributed by atoms with Gasteiger partial charge < -0.3 is 5.11 Å². The number of rotatable bonds is 2. The Kier molecular flexibility index (Phi) is 3.02. The SMILES string of the molecule is CC(C)CC1(O)CCS(=O)(=O)CC1. The fourth-order valence-corrected chi connectivity index (χ4v) is 3.47. The van der Waals surface area contributed by atoms with Crippen LogP contribution in [-0.4, -0.2) is 30.6 Å². The summed E-state index contributed by atoms with van der Waals surface area (Å²) in [5.74, 6) is 0.720. The molecule has 0 bridgehead atoms. The van der Waals surface area contributed by atoms with E-state index < -0.39 is 15.4 Å². The van der Waals surface area contributed by atoms with Gasteiger partial charge in [0.05, 0.1) is 17.1 Å². The Labute approximate surface area is 80.1 Å². The summed E-state index contributed by atoms with van der Waals surface area (Å²) < 4.78 is 22.2. The van der Waals surface area contributed by atoms with E-state index in [0.717, 1.165) is 0 Å². The molecule has 0 aliphatic carbocycles. The lowest BCUT2D eigenvalue weighted by atomic mass is 9.87. The van der Waals surface area contributed by atoms with Gasteiger partial charge in [-0.3, -0.25) is 0 Å². The molecule has 1 aliphatic heterocycles. The quantitative estimate of drug-likeness (QED) is 0.732. The standard InChI is InChI=1S/C9H18O3S/c1-8(2)7-9(10)3-5-13(11,12)6-4-9/h8,10H,3-7H2,1-2H3. The second-order valence-corrected chi connectivity index (χ2v) is 6.78. The smallest absolute Gasteiger partial charge is 0.150 e. The van der Waals surface area contributed by atoms with Crippen molar-refractivity contribution in [3.63, 3.8) is 0 Å². The lowest BCUT2D eigenvalue weighted by Crippen LogP contribution is -2.40. The van der Waals surface area contributed by atoms with Crippen molar-refractivity contribution < 1.29 is 13.5 Å². The first kappa shape index (κ1) is 11.0. The van der Waals surface area contributed by atoms with Crippen molar-refractivity contribution in [2.45, 2.75) is 38.7 Å². The van der Waals surface area contributed by atoms with Gasteiger partial charge in [0.25, 0.3) is 0 Å². The van der Waals surface area contributed by atoms with Gasteiger partial charge in [0.15, 0.2) is 9.84 Å². The summed E-state index contributed by atoms with van der Waals surface area (Å²) in [4.78, 5) is 0. The van der Waals surface area contributed by atoms with Crippen LogP contribution >= 0.6 is 0 Å². The summed E-state index contributed by atoms with van der Waals surface area (Å²) in [6.07, 6.45) is 1.53. The minimum absolute atomic E-state index is 0.149. The number of hydrogen-bond acceptors (Lipinski definition) is 3. The average molecular weight is 206 g/mol. The molecule has 78 valence electrons. The van der Waals surface area contributed by atoms with Crippen LogP contribution < -0.4 is 0 Å². The van der Waals surface area contributed by atoms with Gasteiger partial charge in [-0.2, -0.15) is 0 Å². The fourth-order valence-electron chi connectivity index (χ4n) is 1.88. The van der Waals surface area contributed by atoms with E-state index >= 15 is 0 Å². The number of sulfone groups is 1. The van der Waals surface area contributed by atoms with E-state index in [9.17, 15) is 13.5 Å². The first-order valence-corrected chi connectivity index (χ1v) is 6.58. The van der Waals surface area contributed by atoms with Gasteiger partial charge in [0.2, 0.25) is 0 Å². The van der Waals surface area contributed by atoms with E-state index in [1.54, 1.807) is 0 Å². The van der Waals surface area contributed by atoms with Crippen molar-refractivity contribution in [2.75, 3.05) is 11.5 Å². The third kappa shape index (κ3) is 3.27. The van der Waals surface area contributed by atoms with Crippen LogP contribution in [0.15, 0.2) is 0 Å². The highest BCUT2D eigenvalue weighted by molar-refractivity contribution is 7.91. The zero-order valence-electron chi connectivity index (χ0n) is 8.28. The minimum Gasteiger partial charge on any atom is -0.390 e. The largest absolute Gasteiger partial charge is 0.390 e. The van der Waals surface area contributed by atoms with Gasteiger partial charge in [-0.05, 0) is 25.2 Å². The van der Waals surface area contributed by atoms with Crippen LogP contribution in [0.4, 0.5) is 0 Å². The molecule has 13 heavy (non-hydrogen) atoms. The molecule has 3 nitrogen and oxygen atoms in total. The Balaban J connectivity index is 2.56. The van der Waals surface area contributed by atoms with Gasteiger partial charge >= 0.3 is 0 Å². The zero-order chi connectivity index (χ0) is 10.1. The number of aliphatic hydroxyl groups is 1. The maximum atomic E-state index is 11.1. The van der Waals surface area contributed by atoms with Crippen molar-refractivity contribution in [1.82, 2.24) is 0 Å². The maximum absolute atomic E-state index is 11.1. The zero-order valence-corrected chi connectivity index (χ0v) is 9.10. The summed E-state index contributed by atoms with van der Waals surface area (Å²) in [5, 5.41) is 10.0. The molecule has 1 N–H and O–H groups in total. The van der Waals surface area contributed by atoms with Crippen molar-refractivity contribution in [3.05, 3.63) is 0 Å². The van der Waals surface area contributed by atoms with Crippen LogP contribution in [0.1, 0.15) is 33.1 Å². The van der Waals surface area contributed by atoms with Crippen LogP contribution in [0.2, 0.25) is 0 Å². The molecule has 0 atom stereocenters. The lowest BCUT2D eigenvalue weighted by Gasteiger charge is -2.33. The molecular formula is C9H18O3S. The highest BCUT2D eigenvalue weighted by Crippen LogP contribution is 2.29. The van der Waals surface area contributed by atoms with E-state index in [4.69, 9.17) is 0 Å². The van der Waals surface area contributed by atoms with Crippen molar-refractivity contribution in [2.24, 2.45) is 5.92 Å². The van der Waals surface area contributed by atoms with Crippen molar-refractivity contribution in [1.29, 1.82) is 0 Å². The van der Waals surface area contributed by atoms with Crippen LogP contribution in [0.3, 0.4) is 0 Å². The summed E-state index contributed by atoms with van der Waals surface area (Å²) >= 11 is 0. The van der Waals surface area contributed by atoms with Gasteiger partial charge in [-0.25, -0.2) is 8.42 Å². The molecule has 0 aromatic carbocycles. The van der Waals surface area contributed by atoms with E-state index in [1.165, 1.54) is 0 Å². The third-order valence-electron chi connectivity index (χ3n) is 2.55. The van der Waals surface area contributed by atoms with Gasteiger partial charge in [-0.15, -0.1) is 0 Å². The van der Waals surface area contributed by atoms with E-state index in [0.29, 0.717) is 25.2 Å². The normalized spacial score (nSPS) is 26.2. The Bertz CT molecular complexity index is 253. The summed E-state index contributed by atoms with van der Waals surface area (Å²) in [5.41, 5.74) is -0.723. The molecule has 0 amide bonds. The predicted molar refractivity (Wildman–Crippen MR) is 52.3 cm³/mol. The molecule has 1 heterocycles. The first-order valence-electron chi connectivity index (χ1n) is 4.76. The molecule has 1 aliphatic rings. The van der Waals surface area contributed by atoms with Crippen LogP contribution in [0.25, 0.3) is 0 Å². The Morgan fingerprint density at radius 1 is 1.31 bits per heavy atom. The number of hydrogen-bond donors (Lipinski definition) is 1. The highest BCUT2D eigenvalue weighted by Gasteiger charge is 2.35. The average Bonchev–Trinajstić information content (AvgIpc) is 1.95. The monoisotopic (exact) mass is 206 g/mol. The molecule has 0 unspecified atom stereocenters. The van der Waals surface area contributed by atoms with Crippen molar-refractivity contribution in [3.8, 4) is 0 Å². The molecule has 0 radical (unpaired) electrons. The third-order valence-corrected chi connectivity index (χ3v) is 4.20. The predicted octanol–water partition coefficient (Wildman–Crippen LogP) is 0.972. The molecule has 1 rings (SSSR count). The first-order chi connectivity index (χ1) is 5.83. The van der Waals surface area contributed by atoms with E-state index in [2.05, 4.69) is 0 Å². The second-order valence-electron chi connectivity index (χ2n) is 4.47. The van der Waals surface area contributed by atoms with E-state index in [-0.39, 0.29) is 11.5 Å². The topological polar surface area (TPSA) is 54.4 Å². The van der Waals surface area contributed by atoms with Gasteiger partial charge in [0.1, 0.15) is 0 Å². The Morgan fingerprint density at radius 3 is 2.15 bits per heavy atom. The molecule has 1 fully saturated rings. The second kappa shape index (κ2) is 3.58. The highest BCUT2D eigenvalue weighted by atomic mass is 32.2. The molecule has 0 aromatic rings. The van der Waals surface area contributed by atoms with E-state index in [1.807, 2.05) is 13.8 Å². The summed E-state index contributed by atoms with van der Waals surface area (Å²) in [6.45, 7) is 4.09. The Morgan fingerprint density at radius 2 is 1.77 bits per heavy atom. The minimum atomic E-state index is -2.85. The van der Waals surface area contributed by atoms with Gasteiger partial charge in [-0.1, -0.05) is 13.8 Å². The molecule has 0 saturated carbocycles. The molecule has 0 spiro atoms. The van der Waals surface area contributed by atoms with Crippen LogP contribution in [-0.2, 0) is 9.84 Å². The molecular weight excluding hydrogens is 188 g/mol. The van der Waals surface area contributed by atoms with Gasteiger partial charge in [0, 0.05) is 0 Å². The molecule has 0 aromatic heterocycles. The fraction of sp³-hybridized carbons (Fsp3) is 1.00. The summed E-state index contributed by atoms with van der Waals surface area (Å²) in [7, 11) is -2.85. The molecule has 4 heteroatoms. The van der Waals surface area contributed by atoms with Crippen LogP contribution in [0, 0.1) is 5.92 Å².